The Hall–Kier alpha value is -1.93. The van der Waals surface area contributed by atoms with Crippen LogP contribution < -0.4 is 10.6 Å². The summed E-state index contributed by atoms with van der Waals surface area (Å²) >= 11 is 3.20. The van der Waals surface area contributed by atoms with Crippen molar-refractivity contribution in [3.8, 4) is 5.75 Å². The van der Waals surface area contributed by atoms with Gasteiger partial charge in [-0.15, -0.1) is 0 Å². The van der Waals surface area contributed by atoms with E-state index in [0.29, 0.717) is 16.5 Å². The van der Waals surface area contributed by atoms with Gasteiger partial charge in [0, 0.05) is 5.56 Å². The zero-order valence-corrected chi connectivity index (χ0v) is 18.3. The van der Waals surface area contributed by atoms with Gasteiger partial charge in [0.2, 0.25) is 5.91 Å². The lowest BCUT2D eigenvalue weighted by Gasteiger charge is -2.30. The van der Waals surface area contributed by atoms with Crippen molar-refractivity contribution in [3.05, 3.63) is 28.2 Å². The molecule has 3 rings (SSSR count). The minimum Gasteiger partial charge on any atom is -0.507 e. The second kappa shape index (κ2) is 8.83. The van der Waals surface area contributed by atoms with Crippen LogP contribution in [0.5, 0.6) is 5.75 Å². The summed E-state index contributed by atoms with van der Waals surface area (Å²) in [5.41, 5.74) is 0.296. The third kappa shape index (κ3) is 5.17. The smallest absolute Gasteiger partial charge is 0.251 e. The normalized spacial score (nSPS) is 24.3. The van der Waals surface area contributed by atoms with E-state index in [0.717, 1.165) is 25.7 Å². The first-order valence-corrected chi connectivity index (χ1v) is 10.7. The van der Waals surface area contributed by atoms with Crippen LogP contribution in [0.4, 0.5) is 0 Å². The SMILES string of the molecule is C[C@@H]1OCC(=O)C1NC(=O)C(CC1(C)CCCC1)NC(=O)c1ccc(O)c(Br)c1. The Morgan fingerprint density at radius 3 is 2.62 bits per heavy atom. The van der Waals surface area contributed by atoms with Crippen molar-refractivity contribution < 1.29 is 24.2 Å². The van der Waals surface area contributed by atoms with Crippen LogP contribution in [0.15, 0.2) is 22.7 Å². The van der Waals surface area contributed by atoms with E-state index >= 15 is 0 Å². The predicted octanol–water partition coefficient (Wildman–Crippen LogP) is 2.70. The number of nitrogens with one attached hydrogen (secondary N) is 2. The van der Waals surface area contributed by atoms with Gasteiger partial charge >= 0.3 is 0 Å². The molecule has 0 bridgehead atoms. The summed E-state index contributed by atoms with van der Waals surface area (Å²) in [6.45, 7) is 3.87. The minimum absolute atomic E-state index is 0.0115. The van der Waals surface area contributed by atoms with Crippen LogP contribution in [0.25, 0.3) is 0 Å². The fourth-order valence-electron chi connectivity index (χ4n) is 4.14. The number of benzene rings is 1. The minimum atomic E-state index is -0.765. The maximum atomic E-state index is 13.0. The average molecular weight is 467 g/mol. The van der Waals surface area contributed by atoms with Gasteiger partial charge in [-0.3, -0.25) is 14.4 Å². The van der Waals surface area contributed by atoms with Crippen molar-refractivity contribution in [3.63, 3.8) is 0 Å². The molecule has 1 heterocycles. The van der Waals surface area contributed by atoms with Crippen LogP contribution in [-0.4, -0.2) is 47.5 Å². The molecule has 158 valence electrons. The van der Waals surface area contributed by atoms with Crippen molar-refractivity contribution >= 4 is 33.5 Å². The van der Waals surface area contributed by atoms with Gasteiger partial charge in [0.25, 0.3) is 5.91 Å². The summed E-state index contributed by atoms with van der Waals surface area (Å²) in [6, 6.07) is 2.97. The fraction of sp³-hybridized carbons (Fsp3) is 0.571. The van der Waals surface area contributed by atoms with E-state index in [4.69, 9.17) is 4.74 Å². The molecule has 2 fully saturated rings. The van der Waals surface area contributed by atoms with Gasteiger partial charge in [-0.1, -0.05) is 19.8 Å². The number of ketones is 1. The number of rotatable bonds is 6. The maximum absolute atomic E-state index is 13.0. The highest BCUT2D eigenvalue weighted by Crippen LogP contribution is 2.41. The molecule has 1 aliphatic heterocycles. The zero-order valence-electron chi connectivity index (χ0n) is 16.7. The quantitative estimate of drug-likeness (QED) is 0.597. The molecule has 3 atom stereocenters. The Balaban J connectivity index is 1.76. The van der Waals surface area contributed by atoms with Crippen molar-refractivity contribution in [1.82, 2.24) is 10.6 Å². The van der Waals surface area contributed by atoms with E-state index in [1.807, 2.05) is 0 Å². The summed E-state index contributed by atoms with van der Waals surface area (Å²) in [4.78, 5) is 37.8. The second-order valence-electron chi connectivity index (χ2n) is 8.38. The number of phenols is 1. The maximum Gasteiger partial charge on any atom is 0.251 e. The topological polar surface area (TPSA) is 105 Å². The lowest BCUT2D eigenvalue weighted by atomic mass is 9.81. The summed E-state index contributed by atoms with van der Waals surface area (Å²) in [7, 11) is 0. The first kappa shape index (κ1) is 21.8. The number of carbonyl (C=O) groups is 3. The molecule has 1 aliphatic carbocycles. The summed E-state index contributed by atoms with van der Waals surface area (Å²) in [5, 5.41) is 15.2. The van der Waals surface area contributed by atoms with E-state index < -0.39 is 24.1 Å². The van der Waals surface area contributed by atoms with Gasteiger partial charge in [-0.05, 0) is 65.7 Å². The molecule has 1 saturated carbocycles. The molecule has 1 aromatic carbocycles. The Morgan fingerprint density at radius 2 is 2.03 bits per heavy atom. The van der Waals surface area contributed by atoms with E-state index in [9.17, 15) is 19.5 Å². The molecular formula is C21H27BrN2O5. The number of amides is 2. The first-order chi connectivity index (χ1) is 13.7. The number of Topliss-reactive ketones (excluding diaryl/α,β-unsaturated/α-hetero) is 1. The summed E-state index contributed by atoms with van der Waals surface area (Å²) in [6.07, 6.45) is 4.32. The molecule has 0 spiro atoms. The highest BCUT2D eigenvalue weighted by molar-refractivity contribution is 9.10. The van der Waals surface area contributed by atoms with E-state index in [2.05, 4.69) is 33.5 Å². The van der Waals surface area contributed by atoms with Crippen LogP contribution in [-0.2, 0) is 14.3 Å². The zero-order chi connectivity index (χ0) is 21.2. The third-order valence-corrected chi connectivity index (χ3v) is 6.58. The first-order valence-electron chi connectivity index (χ1n) is 9.93. The number of carbonyl (C=O) groups excluding carboxylic acids is 3. The van der Waals surface area contributed by atoms with Crippen LogP contribution in [0, 0.1) is 5.41 Å². The van der Waals surface area contributed by atoms with Gasteiger partial charge in [-0.25, -0.2) is 0 Å². The highest BCUT2D eigenvalue weighted by atomic mass is 79.9. The number of hydrogen-bond acceptors (Lipinski definition) is 5. The monoisotopic (exact) mass is 466 g/mol. The van der Waals surface area contributed by atoms with Crippen LogP contribution in [0.1, 0.15) is 56.3 Å². The van der Waals surface area contributed by atoms with Crippen molar-refractivity contribution in [1.29, 1.82) is 0 Å². The van der Waals surface area contributed by atoms with Crippen LogP contribution in [0.2, 0.25) is 0 Å². The molecule has 2 amide bonds. The molecule has 2 aliphatic rings. The Morgan fingerprint density at radius 1 is 1.34 bits per heavy atom. The molecule has 7 nitrogen and oxygen atoms in total. The Kier molecular flexibility index (Phi) is 6.63. The molecule has 1 aromatic rings. The van der Waals surface area contributed by atoms with Crippen LogP contribution >= 0.6 is 15.9 Å². The number of phenolic OH excluding ortho intramolecular Hbond substituents is 1. The number of hydrogen-bond donors (Lipinski definition) is 3. The van der Waals surface area contributed by atoms with Crippen LogP contribution in [0.3, 0.4) is 0 Å². The molecule has 8 heteroatoms. The number of halogens is 1. The molecule has 0 radical (unpaired) electrons. The van der Waals surface area contributed by atoms with Gasteiger partial charge < -0.3 is 20.5 Å². The van der Waals surface area contributed by atoms with Crippen molar-refractivity contribution in [2.75, 3.05) is 6.61 Å². The van der Waals surface area contributed by atoms with E-state index in [1.165, 1.54) is 18.2 Å². The largest absolute Gasteiger partial charge is 0.507 e. The third-order valence-electron chi connectivity index (χ3n) is 5.94. The molecule has 2 unspecified atom stereocenters. The summed E-state index contributed by atoms with van der Waals surface area (Å²) in [5.74, 6) is -0.914. The highest BCUT2D eigenvalue weighted by Gasteiger charge is 2.39. The molecule has 1 saturated heterocycles. The predicted molar refractivity (Wildman–Crippen MR) is 111 cm³/mol. The fourth-order valence-corrected chi connectivity index (χ4v) is 4.52. The van der Waals surface area contributed by atoms with Crippen molar-refractivity contribution in [2.45, 2.75) is 64.1 Å². The van der Waals surface area contributed by atoms with Gasteiger partial charge in [0.1, 0.15) is 24.4 Å². The molecule has 29 heavy (non-hydrogen) atoms. The molecule has 0 aromatic heterocycles. The number of aromatic hydroxyl groups is 1. The standard InChI is InChI=1S/C21H27BrN2O5/c1-12-18(17(26)11-29-12)24-20(28)15(10-21(2)7-3-4-8-21)23-19(27)13-5-6-16(25)14(22)9-13/h5-6,9,12,15,18,25H,3-4,7-8,10-11H2,1-2H3,(H,23,27)(H,24,28)/t12-,15?,18?/m0/s1. The van der Waals surface area contributed by atoms with Gasteiger partial charge in [0.15, 0.2) is 5.78 Å². The van der Waals surface area contributed by atoms with Gasteiger partial charge in [-0.2, -0.15) is 0 Å². The molecule has 3 N–H and O–H groups in total. The van der Waals surface area contributed by atoms with E-state index in [1.54, 1.807) is 6.92 Å². The molecular weight excluding hydrogens is 440 g/mol. The average Bonchev–Trinajstić information content (AvgIpc) is 3.23. The van der Waals surface area contributed by atoms with Crippen molar-refractivity contribution in [2.24, 2.45) is 5.41 Å². The lowest BCUT2D eigenvalue weighted by molar-refractivity contribution is -0.128. The van der Waals surface area contributed by atoms with E-state index in [-0.39, 0.29) is 29.5 Å². The number of ether oxygens (including phenoxy) is 1. The van der Waals surface area contributed by atoms with Gasteiger partial charge in [0.05, 0.1) is 10.6 Å². The second-order valence-corrected chi connectivity index (χ2v) is 9.24. The lowest BCUT2D eigenvalue weighted by Crippen LogP contribution is -2.54. The Bertz CT molecular complexity index is 806. The Labute approximate surface area is 178 Å². The summed E-state index contributed by atoms with van der Waals surface area (Å²) < 4.78 is 5.71.